The van der Waals surface area contributed by atoms with Crippen LogP contribution in [0.4, 0.5) is 0 Å². The smallest absolute Gasteiger partial charge is 0.255 e. The SMILES string of the molecule is CCCN(C(=O)c1cc(C)n(-c2ccccn2)c1C)C1CCNCC1. The van der Waals surface area contributed by atoms with E-state index in [4.69, 9.17) is 0 Å². The van der Waals surface area contributed by atoms with Crippen molar-refractivity contribution >= 4 is 5.91 Å². The summed E-state index contributed by atoms with van der Waals surface area (Å²) in [5, 5.41) is 3.39. The third kappa shape index (κ3) is 3.61. The fourth-order valence-corrected chi connectivity index (χ4v) is 3.78. The minimum absolute atomic E-state index is 0.157. The third-order valence-corrected chi connectivity index (χ3v) is 5.01. The van der Waals surface area contributed by atoms with Gasteiger partial charge in [0, 0.05) is 30.2 Å². The zero-order chi connectivity index (χ0) is 17.8. The number of carbonyl (C=O) groups excluding carboxylic acids is 1. The fraction of sp³-hybridized carbons (Fsp3) is 0.500. The van der Waals surface area contributed by atoms with E-state index in [2.05, 4.69) is 26.7 Å². The third-order valence-electron chi connectivity index (χ3n) is 5.01. The second-order valence-electron chi connectivity index (χ2n) is 6.79. The lowest BCUT2D eigenvalue weighted by Crippen LogP contribution is -2.46. The molecular weight excluding hydrogens is 312 g/mol. The van der Waals surface area contributed by atoms with Crippen molar-refractivity contribution < 1.29 is 4.79 Å². The molecule has 0 saturated carbocycles. The van der Waals surface area contributed by atoms with Crippen LogP contribution in [0.3, 0.4) is 0 Å². The summed E-state index contributed by atoms with van der Waals surface area (Å²) in [6.45, 7) is 8.99. The topological polar surface area (TPSA) is 50.2 Å². The fourth-order valence-electron chi connectivity index (χ4n) is 3.78. The summed E-state index contributed by atoms with van der Waals surface area (Å²) >= 11 is 0. The van der Waals surface area contributed by atoms with Crippen molar-refractivity contribution in [3.63, 3.8) is 0 Å². The lowest BCUT2D eigenvalue weighted by Gasteiger charge is -2.34. The maximum atomic E-state index is 13.3. The molecule has 0 spiro atoms. The largest absolute Gasteiger partial charge is 0.336 e. The van der Waals surface area contributed by atoms with Crippen LogP contribution in [0.15, 0.2) is 30.5 Å². The standard InChI is InChI=1S/C20H28N4O/c1-4-13-23(17-8-11-21-12-9-17)20(25)18-14-15(2)24(16(18)3)19-7-5-6-10-22-19/h5-7,10,14,17,21H,4,8-9,11-13H2,1-3H3. The van der Waals surface area contributed by atoms with Crippen LogP contribution in [0.1, 0.15) is 47.9 Å². The molecule has 3 rings (SSSR count). The molecule has 25 heavy (non-hydrogen) atoms. The summed E-state index contributed by atoms with van der Waals surface area (Å²) in [6.07, 6.45) is 4.83. The Morgan fingerprint density at radius 1 is 1.32 bits per heavy atom. The van der Waals surface area contributed by atoms with Crippen LogP contribution in [0, 0.1) is 13.8 Å². The Hall–Kier alpha value is -2.14. The molecule has 134 valence electrons. The van der Waals surface area contributed by atoms with Gasteiger partial charge in [0.2, 0.25) is 0 Å². The maximum Gasteiger partial charge on any atom is 0.255 e. The first kappa shape index (κ1) is 17.7. The molecule has 1 N–H and O–H groups in total. The van der Waals surface area contributed by atoms with Crippen molar-refractivity contribution in [2.75, 3.05) is 19.6 Å². The molecule has 5 heteroatoms. The molecule has 1 amide bonds. The van der Waals surface area contributed by atoms with Gasteiger partial charge < -0.3 is 14.8 Å². The van der Waals surface area contributed by atoms with Crippen molar-refractivity contribution in [3.05, 3.63) is 47.4 Å². The van der Waals surface area contributed by atoms with E-state index in [1.54, 1.807) is 6.20 Å². The van der Waals surface area contributed by atoms with Gasteiger partial charge in [0.1, 0.15) is 5.82 Å². The monoisotopic (exact) mass is 340 g/mol. The van der Waals surface area contributed by atoms with E-state index < -0.39 is 0 Å². The molecule has 2 aromatic rings. The highest BCUT2D eigenvalue weighted by Gasteiger charge is 2.28. The van der Waals surface area contributed by atoms with Gasteiger partial charge in [0.05, 0.1) is 5.56 Å². The van der Waals surface area contributed by atoms with E-state index in [0.29, 0.717) is 6.04 Å². The molecule has 1 fully saturated rings. The predicted molar refractivity (Wildman–Crippen MR) is 100 cm³/mol. The molecule has 1 aliphatic heterocycles. The molecule has 0 unspecified atom stereocenters. The van der Waals surface area contributed by atoms with E-state index in [-0.39, 0.29) is 5.91 Å². The molecule has 0 radical (unpaired) electrons. The number of rotatable bonds is 5. The zero-order valence-corrected chi connectivity index (χ0v) is 15.5. The molecule has 2 aromatic heterocycles. The lowest BCUT2D eigenvalue weighted by atomic mass is 10.0. The van der Waals surface area contributed by atoms with Gasteiger partial charge in [-0.3, -0.25) is 4.79 Å². The highest BCUT2D eigenvalue weighted by atomic mass is 16.2. The van der Waals surface area contributed by atoms with Crippen molar-refractivity contribution in [1.82, 2.24) is 19.8 Å². The number of piperidine rings is 1. The van der Waals surface area contributed by atoms with E-state index >= 15 is 0 Å². The van der Waals surface area contributed by atoms with Gasteiger partial charge in [-0.25, -0.2) is 4.98 Å². The highest BCUT2D eigenvalue weighted by molar-refractivity contribution is 5.96. The van der Waals surface area contributed by atoms with Crippen LogP contribution in [0.2, 0.25) is 0 Å². The molecular formula is C20H28N4O. The van der Waals surface area contributed by atoms with Gasteiger partial charge in [-0.1, -0.05) is 13.0 Å². The van der Waals surface area contributed by atoms with Gasteiger partial charge in [-0.05, 0) is 64.4 Å². The van der Waals surface area contributed by atoms with Gasteiger partial charge in [-0.15, -0.1) is 0 Å². The summed E-state index contributed by atoms with van der Waals surface area (Å²) in [7, 11) is 0. The number of amides is 1. The number of nitrogens with one attached hydrogen (secondary N) is 1. The van der Waals surface area contributed by atoms with Crippen LogP contribution in [-0.4, -0.2) is 46.0 Å². The Kier molecular flexibility index (Phi) is 5.53. The van der Waals surface area contributed by atoms with Crippen LogP contribution >= 0.6 is 0 Å². The predicted octanol–water partition coefficient (Wildman–Crippen LogP) is 3.09. The summed E-state index contributed by atoms with van der Waals surface area (Å²) < 4.78 is 2.07. The van der Waals surface area contributed by atoms with Gasteiger partial charge in [0.25, 0.3) is 5.91 Å². The van der Waals surface area contributed by atoms with Crippen molar-refractivity contribution in [1.29, 1.82) is 0 Å². The molecule has 3 heterocycles. The zero-order valence-electron chi connectivity index (χ0n) is 15.5. The number of carbonyl (C=O) groups is 1. The Morgan fingerprint density at radius 3 is 2.72 bits per heavy atom. The van der Waals surface area contributed by atoms with E-state index in [1.165, 1.54) is 0 Å². The second kappa shape index (κ2) is 7.83. The van der Waals surface area contributed by atoms with Crippen molar-refractivity contribution in [3.8, 4) is 5.82 Å². The molecule has 1 aliphatic rings. The Labute approximate surface area is 150 Å². The molecule has 0 bridgehead atoms. The van der Waals surface area contributed by atoms with Crippen LogP contribution in [0.5, 0.6) is 0 Å². The van der Waals surface area contributed by atoms with Crippen LogP contribution in [0.25, 0.3) is 5.82 Å². The van der Waals surface area contributed by atoms with Crippen LogP contribution in [-0.2, 0) is 0 Å². The molecule has 1 saturated heterocycles. The minimum Gasteiger partial charge on any atom is -0.336 e. The number of hydrogen-bond acceptors (Lipinski definition) is 3. The minimum atomic E-state index is 0.157. The van der Waals surface area contributed by atoms with Crippen LogP contribution < -0.4 is 5.32 Å². The summed E-state index contributed by atoms with van der Waals surface area (Å²) in [5.41, 5.74) is 2.81. The number of nitrogens with zero attached hydrogens (tertiary/aromatic N) is 3. The number of aromatic nitrogens is 2. The van der Waals surface area contributed by atoms with E-state index in [1.807, 2.05) is 38.1 Å². The molecule has 0 aromatic carbocycles. The Bertz CT molecular complexity index is 717. The Balaban J connectivity index is 1.93. The van der Waals surface area contributed by atoms with Crippen molar-refractivity contribution in [2.24, 2.45) is 0 Å². The first-order valence-electron chi connectivity index (χ1n) is 9.25. The normalized spacial score (nSPS) is 15.3. The average molecular weight is 340 g/mol. The number of hydrogen-bond donors (Lipinski definition) is 1. The maximum absolute atomic E-state index is 13.3. The van der Waals surface area contributed by atoms with Gasteiger partial charge >= 0.3 is 0 Å². The molecule has 5 nitrogen and oxygen atoms in total. The first-order chi connectivity index (χ1) is 12.1. The second-order valence-corrected chi connectivity index (χ2v) is 6.79. The molecule has 0 aliphatic carbocycles. The first-order valence-corrected chi connectivity index (χ1v) is 9.25. The lowest BCUT2D eigenvalue weighted by molar-refractivity contribution is 0.0642. The summed E-state index contributed by atoms with van der Waals surface area (Å²) in [6, 6.07) is 8.21. The van der Waals surface area contributed by atoms with E-state index in [9.17, 15) is 4.79 Å². The quantitative estimate of drug-likeness (QED) is 0.910. The van der Waals surface area contributed by atoms with Gasteiger partial charge in [-0.2, -0.15) is 0 Å². The average Bonchev–Trinajstić information content (AvgIpc) is 2.95. The van der Waals surface area contributed by atoms with E-state index in [0.717, 1.165) is 61.7 Å². The Morgan fingerprint density at radius 2 is 2.08 bits per heavy atom. The number of pyridine rings is 1. The summed E-state index contributed by atoms with van der Waals surface area (Å²) in [5.74, 6) is 1.02. The van der Waals surface area contributed by atoms with Crippen molar-refractivity contribution in [2.45, 2.75) is 46.1 Å². The molecule has 0 atom stereocenters. The van der Waals surface area contributed by atoms with Gasteiger partial charge in [0.15, 0.2) is 0 Å². The summed E-state index contributed by atoms with van der Waals surface area (Å²) in [4.78, 5) is 19.9. The number of aryl methyl sites for hydroxylation is 1. The highest BCUT2D eigenvalue weighted by Crippen LogP contribution is 2.23.